The van der Waals surface area contributed by atoms with Crippen molar-refractivity contribution in [1.82, 2.24) is 20.2 Å². The maximum Gasteiger partial charge on any atom is 0.234 e. The van der Waals surface area contributed by atoms with Gasteiger partial charge in [-0.3, -0.25) is 4.79 Å². The van der Waals surface area contributed by atoms with Crippen LogP contribution in [0.25, 0.3) is 22.1 Å². The summed E-state index contributed by atoms with van der Waals surface area (Å²) in [6.07, 6.45) is 0.842. The van der Waals surface area contributed by atoms with Crippen molar-refractivity contribution < 1.29 is 9.18 Å². The fourth-order valence-corrected chi connectivity index (χ4v) is 3.44. The number of rotatable bonds is 5. The predicted octanol–water partition coefficient (Wildman–Crippen LogP) is 3.94. The minimum absolute atomic E-state index is 0.136. The topological polar surface area (TPSA) is 83.6 Å². The number of carbonyl (C=O) groups excluding carboxylic acids is 1. The molecule has 0 saturated carbocycles. The van der Waals surface area contributed by atoms with Gasteiger partial charge in [0.05, 0.1) is 5.75 Å². The number of hydrogen-bond donors (Lipinski definition) is 2. The van der Waals surface area contributed by atoms with Crippen LogP contribution in [0.5, 0.6) is 0 Å². The predicted molar refractivity (Wildman–Crippen MR) is 104 cm³/mol. The quantitative estimate of drug-likeness (QED) is 0.512. The number of anilines is 1. The normalized spacial score (nSPS) is 11.2. The number of benzene rings is 2. The molecule has 1 amide bonds. The number of thioether (sulfide) groups is 1. The van der Waals surface area contributed by atoms with Crippen LogP contribution >= 0.6 is 11.8 Å². The number of amides is 1. The molecule has 0 unspecified atom stereocenters. The van der Waals surface area contributed by atoms with Gasteiger partial charge < -0.3 is 10.3 Å². The molecule has 27 heavy (non-hydrogen) atoms. The summed E-state index contributed by atoms with van der Waals surface area (Å²) < 4.78 is 13.4. The van der Waals surface area contributed by atoms with Crippen molar-refractivity contribution in [2.24, 2.45) is 0 Å². The second-order valence-corrected chi connectivity index (χ2v) is 6.90. The van der Waals surface area contributed by atoms with E-state index in [0.717, 1.165) is 23.2 Å². The lowest BCUT2D eigenvalue weighted by atomic mass is 10.1. The average Bonchev–Trinajstić information content (AvgIpc) is 3.04. The van der Waals surface area contributed by atoms with Gasteiger partial charge >= 0.3 is 0 Å². The average molecular weight is 381 g/mol. The van der Waals surface area contributed by atoms with Gasteiger partial charge in [0.25, 0.3) is 0 Å². The lowest BCUT2D eigenvalue weighted by Gasteiger charge is -2.09. The number of para-hydroxylation sites is 1. The number of H-pyrrole nitrogens is 1. The monoisotopic (exact) mass is 381 g/mol. The molecule has 2 N–H and O–H groups in total. The highest BCUT2D eigenvalue weighted by Crippen LogP contribution is 2.24. The summed E-state index contributed by atoms with van der Waals surface area (Å²) in [6.45, 7) is 2.04. The molecule has 0 fully saturated rings. The number of nitrogens with zero attached hydrogens (tertiary/aromatic N) is 3. The summed E-state index contributed by atoms with van der Waals surface area (Å²) in [6, 6.07) is 12.1. The van der Waals surface area contributed by atoms with Gasteiger partial charge in [-0.1, -0.05) is 36.9 Å². The minimum atomic E-state index is -0.340. The van der Waals surface area contributed by atoms with Crippen LogP contribution in [0.15, 0.2) is 47.6 Å². The van der Waals surface area contributed by atoms with Gasteiger partial charge in [-0.2, -0.15) is 0 Å². The Morgan fingerprint density at radius 3 is 2.93 bits per heavy atom. The van der Waals surface area contributed by atoms with Gasteiger partial charge in [-0.05, 0) is 36.2 Å². The van der Waals surface area contributed by atoms with E-state index >= 15 is 0 Å². The zero-order valence-corrected chi connectivity index (χ0v) is 15.3. The molecule has 0 radical (unpaired) electrons. The third-order valence-electron chi connectivity index (χ3n) is 4.16. The van der Waals surface area contributed by atoms with Crippen molar-refractivity contribution in [3.05, 3.63) is 53.8 Å². The molecular weight excluding hydrogens is 365 g/mol. The Morgan fingerprint density at radius 2 is 2.07 bits per heavy atom. The fraction of sp³-hybridized carbons (Fsp3) is 0.158. The lowest BCUT2D eigenvalue weighted by molar-refractivity contribution is -0.113. The Morgan fingerprint density at radius 1 is 1.22 bits per heavy atom. The molecule has 0 spiro atoms. The maximum atomic E-state index is 13.4. The number of hydrogen-bond acceptors (Lipinski definition) is 5. The highest BCUT2D eigenvalue weighted by atomic mass is 32.2. The molecule has 0 aliphatic rings. The summed E-state index contributed by atoms with van der Waals surface area (Å²) in [7, 11) is 0. The Balaban J connectivity index is 1.48. The van der Waals surface area contributed by atoms with E-state index in [0.29, 0.717) is 21.7 Å². The standard InChI is InChI=1S/C19H16FN5OS/c1-2-11-5-3-4-6-14(11)21-16(26)10-27-19-23-18-17(24-25-19)13-9-12(20)7-8-15(13)22-18/h3-9H,2,10H2,1H3,(H,21,26)(H,22,23,25). The van der Waals surface area contributed by atoms with Crippen molar-refractivity contribution in [2.45, 2.75) is 18.5 Å². The molecule has 0 atom stereocenters. The Bertz CT molecular complexity index is 1140. The van der Waals surface area contributed by atoms with E-state index in [9.17, 15) is 9.18 Å². The third-order valence-corrected chi connectivity index (χ3v) is 5.00. The molecule has 0 saturated heterocycles. The van der Waals surface area contributed by atoms with E-state index in [-0.39, 0.29) is 17.5 Å². The second kappa shape index (κ2) is 7.32. The van der Waals surface area contributed by atoms with Gasteiger partial charge in [-0.15, -0.1) is 10.2 Å². The van der Waals surface area contributed by atoms with Crippen molar-refractivity contribution >= 4 is 45.4 Å². The number of halogens is 1. The molecule has 136 valence electrons. The van der Waals surface area contributed by atoms with Crippen LogP contribution in [-0.2, 0) is 11.2 Å². The van der Waals surface area contributed by atoms with Crippen LogP contribution in [0.4, 0.5) is 10.1 Å². The Kier molecular flexibility index (Phi) is 4.72. The highest BCUT2D eigenvalue weighted by Gasteiger charge is 2.12. The van der Waals surface area contributed by atoms with Crippen LogP contribution in [0, 0.1) is 5.82 Å². The van der Waals surface area contributed by atoms with E-state index in [1.54, 1.807) is 6.07 Å². The van der Waals surface area contributed by atoms with Gasteiger partial charge in [0, 0.05) is 16.6 Å². The van der Waals surface area contributed by atoms with Crippen molar-refractivity contribution in [3.63, 3.8) is 0 Å². The molecule has 2 aromatic heterocycles. The summed E-state index contributed by atoms with van der Waals surface area (Å²) in [5.41, 5.74) is 3.67. The fourth-order valence-electron chi connectivity index (χ4n) is 2.86. The number of carbonyl (C=O) groups is 1. The molecule has 0 bridgehead atoms. The molecule has 4 aromatic rings. The molecule has 0 aliphatic carbocycles. The van der Waals surface area contributed by atoms with Crippen molar-refractivity contribution in [3.8, 4) is 0 Å². The van der Waals surface area contributed by atoms with E-state index < -0.39 is 0 Å². The van der Waals surface area contributed by atoms with Crippen LogP contribution in [-0.4, -0.2) is 31.8 Å². The van der Waals surface area contributed by atoms with E-state index in [1.807, 2.05) is 31.2 Å². The number of fused-ring (bicyclic) bond motifs is 3. The van der Waals surface area contributed by atoms with Gasteiger partial charge in [0.2, 0.25) is 11.1 Å². The molecule has 0 aliphatic heterocycles. The van der Waals surface area contributed by atoms with Crippen LogP contribution in [0.2, 0.25) is 0 Å². The van der Waals surface area contributed by atoms with E-state index in [1.165, 1.54) is 23.9 Å². The van der Waals surface area contributed by atoms with Crippen LogP contribution < -0.4 is 5.32 Å². The first-order valence-corrected chi connectivity index (χ1v) is 9.45. The number of nitrogens with one attached hydrogen (secondary N) is 2. The van der Waals surface area contributed by atoms with Crippen molar-refractivity contribution in [2.75, 3.05) is 11.1 Å². The van der Waals surface area contributed by atoms with Gasteiger partial charge in [0.15, 0.2) is 5.65 Å². The number of aromatic nitrogens is 4. The SMILES string of the molecule is CCc1ccccc1NC(=O)CSc1nnc2c(n1)[nH]c1ccc(F)cc12. The van der Waals surface area contributed by atoms with Crippen LogP contribution in [0.3, 0.4) is 0 Å². The first-order valence-electron chi connectivity index (χ1n) is 8.46. The smallest absolute Gasteiger partial charge is 0.234 e. The van der Waals surface area contributed by atoms with Gasteiger partial charge in [-0.25, -0.2) is 9.37 Å². The zero-order valence-electron chi connectivity index (χ0n) is 14.5. The van der Waals surface area contributed by atoms with Gasteiger partial charge in [0.1, 0.15) is 11.3 Å². The molecule has 4 rings (SSSR count). The molecular formula is C19H16FN5OS. The lowest BCUT2D eigenvalue weighted by Crippen LogP contribution is -2.15. The maximum absolute atomic E-state index is 13.4. The molecule has 2 heterocycles. The molecule has 6 nitrogen and oxygen atoms in total. The number of aromatic amines is 1. The number of aryl methyl sites for hydroxylation is 1. The summed E-state index contributed by atoms with van der Waals surface area (Å²) in [5, 5.41) is 12.1. The molecule has 2 aromatic carbocycles. The highest BCUT2D eigenvalue weighted by molar-refractivity contribution is 7.99. The minimum Gasteiger partial charge on any atom is -0.338 e. The largest absolute Gasteiger partial charge is 0.338 e. The summed E-state index contributed by atoms with van der Waals surface area (Å²) in [4.78, 5) is 19.7. The first-order chi connectivity index (χ1) is 13.1. The zero-order chi connectivity index (χ0) is 18.8. The second-order valence-electron chi connectivity index (χ2n) is 5.95. The van der Waals surface area contributed by atoms with E-state index in [2.05, 4.69) is 25.5 Å². The van der Waals surface area contributed by atoms with E-state index in [4.69, 9.17) is 0 Å². The van der Waals surface area contributed by atoms with Crippen LogP contribution in [0.1, 0.15) is 12.5 Å². The summed E-state index contributed by atoms with van der Waals surface area (Å²) in [5.74, 6) is -0.309. The third kappa shape index (κ3) is 3.61. The molecule has 8 heteroatoms. The Labute approximate surface area is 158 Å². The first kappa shape index (κ1) is 17.4. The summed E-state index contributed by atoms with van der Waals surface area (Å²) >= 11 is 1.20. The Hall–Kier alpha value is -3.00. The van der Waals surface area contributed by atoms with Crippen molar-refractivity contribution in [1.29, 1.82) is 0 Å².